The van der Waals surface area contributed by atoms with E-state index in [0.717, 1.165) is 24.3 Å². The third-order valence-corrected chi connectivity index (χ3v) is 2.83. The van der Waals surface area contributed by atoms with Crippen molar-refractivity contribution >= 4 is 15.9 Å². The zero-order chi connectivity index (χ0) is 14.0. The molecular formula is C9H8F3NO4S. The zero-order valence-electron chi connectivity index (χ0n) is 8.77. The number of hydrogen-bond acceptors (Lipinski definition) is 5. The Bertz CT molecular complexity index is 536. The number of carbonyl (C=O) groups is 1. The summed E-state index contributed by atoms with van der Waals surface area (Å²) in [5.74, 6) is -0.971. The van der Waals surface area contributed by atoms with Gasteiger partial charge < -0.3 is 9.92 Å². The molecule has 0 fully saturated rings. The molecule has 1 aromatic carbocycles. The topological polar surface area (TPSA) is 86.5 Å². The summed E-state index contributed by atoms with van der Waals surface area (Å²) >= 11 is 0. The molecule has 1 aromatic rings. The Hall–Kier alpha value is -1.61. The fourth-order valence-corrected chi connectivity index (χ4v) is 1.45. The van der Waals surface area contributed by atoms with Crippen LogP contribution < -0.4 is 9.92 Å². The van der Waals surface area contributed by atoms with Gasteiger partial charge in [-0.3, -0.25) is 4.79 Å². The first kappa shape index (κ1) is 14.5. The van der Waals surface area contributed by atoms with Crippen LogP contribution in [0, 0.1) is 0 Å². The van der Waals surface area contributed by atoms with E-state index in [2.05, 4.69) is 4.18 Å². The molecule has 0 amide bonds. The number of ketones is 1. The molecule has 5 nitrogen and oxygen atoms in total. The fraction of sp³-hybridized carbons (Fsp3) is 0.222. The van der Waals surface area contributed by atoms with Gasteiger partial charge >= 0.3 is 15.6 Å². The minimum absolute atomic E-state index is 0.147. The first-order chi connectivity index (χ1) is 8.17. The molecule has 0 unspecified atom stereocenters. The van der Waals surface area contributed by atoms with Crippen LogP contribution in [0.3, 0.4) is 0 Å². The Morgan fingerprint density at radius 1 is 1.22 bits per heavy atom. The van der Waals surface area contributed by atoms with Gasteiger partial charge in [0, 0.05) is 5.56 Å². The molecule has 2 N–H and O–H groups in total. The molecule has 0 aliphatic heterocycles. The molecule has 9 heteroatoms. The van der Waals surface area contributed by atoms with E-state index >= 15 is 0 Å². The van der Waals surface area contributed by atoms with Crippen molar-refractivity contribution in [2.24, 2.45) is 5.73 Å². The van der Waals surface area contributed by atoms with Crippen LogP contribution in [0.1, 0.15) is 10.4 Å². The number of rotatable bonds is 4. The minimum Gasteiger partial charge on any atom is -0.376 e. The van der Waals surface area contributed by atoms with Crippen LogP contribution in [0.2, 0.25) is 0 Å². The van der Waals surface area contributed by atoms with E-state index in [4.69, 9.17) is 5.73 Å². The van der Waals surface area contributed by atoms with Crippen LogP contribution in [0.4, 0.5) is 13.2 Å². The lowest BCUT2D eigenvalue weighted by Crippen LogP contribution is -2.28. The zero-order valence-corrected chi connectivity index (χ0v) is 9.59. The van der Waals surface area contributed by atoms with E-state index in [-0.39, 0.29) is 12.1 Å². The smallest absolute Gasteiger partial charge is 0.376 e. The third-order valence-electron chi connectivity index (χ3n) is 1.85. The van der Waals surface area contributed by atoms with E-state index < -0.39 is 27.2 Å². The molecule has 0 saturated carbocycles. The predicted molar refractivity (Wildman–Crippen MR) is 55.4 cm³/mol. The molecule has 0 aromatic heterocycles. The highest BCUT2D eigenvalue weighted by molar-refractivity contribution is 7.87. The van der Waals surface area contributed by atoms with Crippen LogP contribution in [0.25, 0.3) is 0 Å². The van der Waals surface area contributed by atoms with E-state index in [1.165, 1.54) is 0 Å². The molecular weight excluding hydrogens is 275 g/mol. The van der Waals surface area contributed by atoms with Gasteiger partial charge in [0.1, 0.15) is 5.75 Å². The molecule has 0 bridgehead atoms. The lowest BCUT2D eigenvalue weighted by atomic mass is 10.1. The Balaban J connectivity index is 2.92. The number of Topliss-reactive ketones (excluding diaryl/α,β-unsaturated/α-hetero) is 1. The first-order valence-electron chi connectivity index (χ1n) is 4.51. The molecule has 0 aliphatic carbocycles. The lowest BCUT2D eigenvalue weighted by Gasteiger charge is -2.09. The summed E-state index contributed by atoms with van der Waals surface area (Å²) in [5, 5.41) is 0. The Morgan fingerprint density at radius 2 is 1.72 bits per heavy atom. The second-order valence-electron chi connectivity index (χ2n) is 3.13. The lowest BCUT2D eigenvalue weighted by molar-refractivity contribution is -0.0500. The average Bonchev–Trinajstić information content (AvgIpc) is 2.27. The van der Waals surface area contributed by atoms with Gasteiger partial charge in [0.25, 0.3) is 0 Å². The Morgan fingerprint density at radius 3 is 2.11 bits per heavy atom. The number of hydrogen-bond donors (Lipinski definition) is 1. The van der Waals surface area contributed by atoms with Gasteiger partial charge in [0.2, 0.25) is 0 Å². The summed E-state index contributed by atoms with van der Waals surface area (Å²) in [6.45, 7) is -0.263. The van der Waals surface area contributed by atoms with Gasteiger partial charge in [-0.15, -0.1) is 0 Å². The SMILES string of the molecule is NCC(=O)c1ccc(OS(=O)(=O)C(F)(F)F)cc1. The van der Waals surface area contributed by atoms with Crippen LogP contribution in [0.5, 0.6) is 5.75 Å². The van der Waals surface area contributed by atoms with Crippen LogP contribution >= 0.6 is 0 Å². The molecule has 0 radical (unpaired) electrons. The summed E-state index contributed by atoms with van der Waals surface area (Å²) in [6, 6.07) is 4.12. The minimum atomic E-state index is -5.70. The highest BCUT2D eigenvalue weighted by Crippen LogP contribution is 2.26. The third kappa shape index (κ3) is 3.20. The number of halogens is 3. The number of carbonyl (C=O) groups excluding carboxylic acids is 1. The van der Waals surface area contributed by atoms with Gasteiger partial charge in [-0.05, 0) is 24.3 Å². The molecule has 18 heavy (non-hydrogen) atoms. The summed E-state index contributed by atoms with van der Waals surface area (Å²) in [7, 11) is -5.70. The van der Waals surface area contributed by atoms with E-state index in [1.807, 2.05) is 0 Å². The maximum absolute atomic E-state index is 12.0. The maximum atomic E-state index is 12.0. The first-order valence-corrected chi connectivity index (χ1v) is 5.92. The highest BCUT2D eigenvalue weighted by Gasteiger charge is 2.48. The normalized spacial score (nSPS) is 12.2. The number of benzene rings is 1. The summed E-state index contributed by atoms with van der Waals surface area (Å²) in [5.41, 5.74) is -0.278. The molecule has 0 spiro atoms. The van der Waals surface area contributed by atoms with Crippen molar-refractivity contribution in [3.05, 3.63) is 29.8 Å². The molecule has 0 heterocycles. The second kappa shape index (κ2) is 4.94. The van der Waals surface area contributed by atoms with Crippen molar-refractivity contribution in [3.8, 4) is 5.75 Å². The molecule has 100 valence electrons. The van der Waals surface area contributed by atoms with Crippen molar-refractivity contribution in [1.29, 1.82) is 0 Å². The van der Waals surface area contributed by atoms with Gasteiger partial charge in [-0.1, -0.05) is 0 Å². The molecule has 0 atom stereocenters. The summed E-state index contributed by atoms with van der Waals surface area (Å²) in [6.07, 6.45) is 0. The van der Waals surface area contributed by atoms with Crippen molar-refractivity contribution < 1.29 is 30.6 Å². The van der Waals surface area contributed by atoms with Gasteiger partial charge in [0.05, 0.1) is 6.54 Å². The maximum Gasteiger partial charge on any atom is 0.534 e. The molecule has 1 rings (SSSR count). The largest absolute Gasteiger partial charge is 0.534 e. The average molecular weight is 283 g/mol. The van der Waals surface area contributed by atoms with Gasteiger partial charge in [0.15, 0.2) is 5.78 Å². The second-order valence-corrected chi connectivity index (χ2v) is 4.67. The van der Waals surface area contributed by atoms with Crippen LogP contribution in [0.15, 0.2) is 24.3 Å². The van der Waals surface area contributed by atoms with Crippen LogP contribution in [-0.2, 0) is 10.1 Å². The number of alkyl halides is 3. The predicted octanol–water partition coefficient (Wildman–Crippen LogP) is 1.06. The highest BCUT2D eigenvalue weighted by atomic mass is 32.2. The van der Waals surface area contributed by atoms with Crippen molar-refractivity contribution in [3.63, 3.8) is 0 Å². The van der Waals surface area contributed by atoms with Crippen molar-refractivity contribution in [2.75, 3.05) is 6.54 Å². The van der Waals surface area contributed by atoms with Crippen molar-refractivity contribution in [2.45, 2.75) is 5.51 Å². The van der Waals surface area contributed by atoms with E-state index in [9.17, 15) is 26.4 Å². The Kier molecular flexibility index (Phi) is 3.97. The van der Waals surface area contributed by atoms with Gasteiger partial charge in [-0.2, -0.15) is 21.6 Å². The summed E-state index contributed by atoms with van der Waals surface area (Å²) in [4.78, 5) is 11.1. The quantitative estimate of drug-likeness (QED) is 0.507. The van der Waals surface area contributed by atoms with Crippen LogP contribution in [-0.4, -0.2) is 26.3 Å². The monoisotopic (exact) mass is 283 g/mol. The number of nitrogens with two attached hydrogens (primary N) is 1. The van der Waals surface area contributed by atoms with Crippen molar-refractivity contribution in [1.82, 2.24) is 0 Å². The molecule has 0 aliphatic rings. The fourth-order valence-electron chi connectivity index (χ4n) is 0.988. The van der Waals surface area contributed by atoms with Gasteiger partial charge in [-0.25, -0.2) is 0 Å². The molecule has 0 saturated heterocycles. The Labute approximate surface area is 100 Å². The summed E-state index contributed by atoms with van der Waals surface area (Å²) < 4.78 is 61.2. The standard InChI is InChI=1S/C9H8F3NO4S/c10-9(11,12)18(15,16)17-7-3-1-6(2-4-7)8(14)5-13/h1-4H,5,13H2. The van der Waals surface area contributed by atoms with E-state index in [1.54, 1.807) is 0 Å². The van der Waals surface area contributed by atoms with E-state index in [0.29, 0.717) is 0 Å².